The molecule has 0 atom stereocenters. The van der Waals surface area contributed by atoms with E-state index in [9.17, 15) is 9.59 Å². The highest BCUT2D eigenvalue weighted by atomic mass is 16.5. The Morgan fingerprint density at radius 2 is 1.68 bits per heavy atom. The molecule has 0 unspecified atom stereocenters. The van der Waals surface area contributed by atoms with E-state index in [1.54, 1.807) is 25.1 Å². The molecule has 0 fully saturated rings. The summed E-state index contributed by atoms with van der Waals surface area (Å²) in [6.07, 6.45) is 0.761. The molecule has 5 nitrogen and oxygen atoms in total. The van der Waals surface area contributed by atoms with E-state index in [0.717, 1.165) is 12.0 Å². The molecule has 4 rings (SSSR count). The highest BCUT2D eigenvalue weighted by Gasteiger charge is 2.14. The fourth-order valence-corrected chi connectivity index (χ4v) is 3.51. The van der Waals surface area contributed by atoms with Gasteiger partial charge in [-0.15, -0.1) is 0 Å². The molecule has 0 bridgehead atoms. The van der Waals surface area contributed by atoms with E-state index in [4.69, 9.17) is 9.15 Å². The van der Waals surface area contributed by atoms with Gasteiger partial charge >= 0.3 is 0 Å². The van der Waals surface area contributed by atoms with Crippen LogP contribution < -0.4 is 15.5 Å². The average Bonchev–Trinajstić information content (AvgIpc) is 2.79. The SMILES string of the molecule is Cc1oc2cc(OCC(=O)NCCc3ccccc3)ccc2c(=O)c1-c1ccccc1. The van der Waals surface area contributed by atoms with E-state index < -0.39 is 0 Å². The van der Waals surface area contributed by atoms with Crippen molar-refractivity contribution >= 4 is 16.9 Å². The summed E-state index contributed by atoms with van der Waals surface area (Å²) in [5.41, 5.74) is 2.89. The quantitative estimate of drug-likeness (QED) is 0.484. The van der Waals surface area contributed by atoms with Crippen LogP contribution in [0.3, 0.4) is 0 Å². The number of nitrogens with one attached hydrogen (secondary N) is 1. The normalized spacial score (nSPS) is 10.7. The predicted molar refractivity (Wildman–Crippen MR) is 121 cm³/mol. The van der Waals surface area contributed by atoms with Gasteiger partial charge < -0.3 is 14.5 Å². The molecule has 0 spiro atoms. The van der Waals surface area contributed by atoms with Gasteiger partial charge in [-0.05, 0) is 36.6 Å². The minimum atomic E-state index is -0.201. The van der Waals surface area contributed by atoms with Crippen molar-refractivity contribution in [3.8, 4) is 16.9 Å². The molecular weight excluding hydrogens is 390 g/mol. The maximum Gasteiger partial charge on any atom is 0.257 e. The van der Waals surface area contributed by atoms with Crippen molar-refractivity contribution in [2.45, 2.75) is 13.3 Å². The van der Waals surface area contributed by atoms with E-state index in [1.807, 2.05) is 60.7 Å². The Morgan fingerprint density at radius 1 is 0.968 bits per heavy atom. The van der Waals surface area contributed by atoms with Gasteiger partial charge in [0.25, 0.3) is 5.91 Å². The number of amides is 1. The van der Waals surface area contributed by atoms with Crippen molar-refractivity contribution in [3.05, 3.63) is 100 Å². The minimum Gasteiger partial charge on any atom is -0.484 e. The largest absolute Gasteiger partial charge is 0.484 e. The van der Waals surface area contributed by atoms with Gasteiger partial charge in [-0.1, -0.05) is 60.7 Å². The van der Waals surface area contributed by atoms with Gasteiger partial charge in [0.05, 0.1) is 10.9 Å². The molecule has 1 N–H and O–H groups in total. The number of fused-ring (bicyclic) bond motifs is 1. The minimum absolute atomic E-state index is 0.0878. The first-order valence-corrected chi connectivity index (χ1v) is 10.2. The summed E-state index contributed by atoms with van der Waals surface area (Å²) >= 11 is 0. The third-order valence-corrected chi connectivity index (χ3v) is 5.05. The Morgan fingerprint density at radius 3 is 2.42 bits per heavy atom. The number of ether oxygens (including phenoxy) is 1. The van der Waals surface area contributed by atoms with Crippen molar-refractivity contribution < 1.29 is 13.9 Å². The maximum absolute atomic E-state index is 13.0. The van der Waals surface area contributed by atoms with Crippen LogP contribution in [-0.4, -0.2) is 19.1 Å². The molecule has 5 heteroatoms. The van der Waals surface area contributed by atoms with Crippen LogP contribution in [0.4, 0.5) is 0 Å². The smallest absolute Gasteiger partial charge is 0.257 e. The lowest BCUT2D eigenvalue weighted by Crippen LogP contribution is -2.30. The molecule has 31 heavy (non-hydrogen) atoms. The van der Waals surface area contributed by atoms with Crippen molar-refractivity contribution in [1.29, 1.82) is 0 Å². The first-order valence-electron chi connectivity index (χ1n) is 10.2. The van der Waals surface area contributed by atoms with Gasteiger partial charge in [0, 0.05) is 12.6 Å². The van der Waals surface area contributed by atoms with E-state index in [1.165, 1.54) is 5.56 Å². The Hall–Kier alpha value is -3.86. The summed E-state index contributed by atoms with van der Waals surface area (Å²) < 4.78 is 11.5. The zero-order valence-corrected chi connectivity index (χ0v) is 17.3. The highest BCUT2D eigenvalue weighted by molar-refractivity contribution is 5.84. The fourth-order valence-electron chi connectivity index (χ4n) is 3.51. The lowest BCUT2D eigenvalue weighted by Gasteiger charge is -2.10. The number of aryl methyl sites for hydroxylation is 1. The van der Waals surface area contributed by atoms with Crippen molar-refractivity contribution in [2.24, 2.45) is 0 Å². The molecule has 1 heterocycles. The molecule has 0 aliphatic carbocycles. The number of rotatable bonds is 7. The molecule has 0 radical (unpaired) electrons. The Kier molecular flexibility index (Phi) is 6.13. The third-order valence-electron chi connectivity index (χ3n) is 5.05. The zero-order chi connectivity index (χ0) is 21.6. The standard InChI is InChI=1S/C26H23NO4/c1-18-25(20-10-6-3-7-11-20)26(29)22-13-12-21(16-23(22)31-18)30-17-24(28)27-15-14-19-8-4-2-5-9-19/h2-13,16H,14-15,17H2,1H3,(H,27,28). The number of hydrogen-bond acceptors (Lipinski definition) is 4. The molecule has 0 saturated heterocycles. The second-order valence-electron chi connectivity index (χ2n) is 7.26. The number of carbonyl (C=O) groups excluding carboxylic acids is 1. The van der Waals surface area contributed by atoms with Crippen LogP contribution in [0.1, 0.15) is 11.3 Å². The number of hydrogen-bond donors (Lipinski definition) is 1. The van der Waals surface area contributed by atoms with Crippen LogP contribution >= 0.6 is 0 Å². The van der Waals surface area contributed by atoms with Crippen molar-refractivity contribution in [2.75, 3.05) is 13.2 Å². The molecule has 0 aliphatic heterocycles. The first kappa shape index (κ1) is 20.4. The van der Waals surface area contributed by atoms with E-state index >= 15 is 0 Å². The topological polar surface area (TPSA) is 68.5 Å². The summed E-state index contributed by atoms with van der Waals surface area (Å²) in [5.74, 6) is 0.813. The maximum atomic E-state index is 13.0. The molecular formula is C26H23NO4. The van der Waals surface area contributed by atoms with Crippen LogP contribution in [0.25, 0.3) is 22.1 Å². The summed E-state index contributed by atoms with van der Waals surface area (Å²) in [7, 11) is 0. The van der Waals surface area contributed by atoms with Crippen LogP contribution in [0, 0.1) is 6.92 Å². The van der Waals surface area contributed by atoms with Crippen LogP contribution in [0.15, 0.2) is 88.1 Å². The van der Waals surface area contributed by atoms with Gasteiger partial charge in [0.15, 0.2) is 6.61 Å². The Labute approximate surface area is 180 Å². The van der Waals surface area contributed by atoms with Crippen LogP contribution in [0.2, 0.25) is 0 Å². The van der Waals surface area contributed by atoms with Gasteiger partial charge in [-0.25, -0.2) is 0 Å². The summed E-state index contributed by atoms with van der Waals surface area (Å²) in [4.78, 5) is 25.1. The van der Waals surface area contributed by atoms with Gasteiger partial charge in [-0.2, -0.15) is 0 Å². The average molecular weight is 413 g/mol. The summed E-state index contributed by atoms with van der Waals surface area (Å²) in [5, 5.41) is 3.32. The summed E-state index contributed by atoms with van der Waals surface area (Å²) in [6, 6.07) is 24.4. The Balaban J connectivity index is 1.42. The lowest BCUT2D eigenvalue weighted by atomic mass is 10.0. The molecule has 4 aromatic rings. The third kappa shape index (κ3) is 4.83. The molecule has 1 aromatic heterocycles. The van der Waals surface area contributed by atoms with Crippen LogP contribution in [0.5, 0.6) is 5.75 Å². The van der Waals surface area contributed by atoms with Crippen LogP contribution in [-0.2, 0) is 11.2 Å². The zero-order valence-electron chi connectivity index (χ0n) is 17.3. The lowest BCUT2D eigenvalue weighted by molar-refractivity contribution is -0.123. The highest BCUT2D eigenvalue weighted by Crippen LogP contribution is 2.26. The van der Waals surface area contributed by atoms with E-state index in [-0.39, 0.29) is 17.9 Å². The van der Waals surface area contributed by atoms with Gasteiger partial charge in [-0.3, -0.25) is 9.59 Å². The predicted octanol–water partition coefficient (Wildman–Crippen LogP) is 4.51. The second-order valence-corrected chi connectivity index (χ2v) is 7.26. The summed E-state index contributed by atoms with van der Waals surface area (Å²) in [6.45, 7) is 2.21. The van der Waals surface area contributed by atoms with Crippen molar-refractivity contribution in [1.82, 2.24) is 5.32 Å². The molecule has 156 valence electrons. The van der Waals surface area contributed by atoms with E-state index in [2.05, 4.69) is 5.32 Å². The monoisotopic (exact) mass is 413 g/mol. The molecule has 3 aromatic carbocycles. The molecule has 0 saturated carbocycles. The van der Waals surface area contributed by atoms with Crippen molar-refractivity contribution in [3.63, 3.8) is 0 Å². The van der Waals surface area contributed by atoms with Gasteiger partial charge in [0.2, 0.25) is 5.43 Å². The molecule has 1 amide bonds. The van der Waals surface area contributed by atoms with E-state index in [0.29, 0.717) is 34.6 Å². The Bertz CT molecular complexity index is 1250. The second kappa shape index (κ2) is 9.30. The molecule has 0 aliphatic rings. The van der Waals surface area contributed by atoms with Gasteiger partial charge in [0.1, 0.15) is 17.1 Å². The first-order chi connectivity index (χ1) is 15.1. The number of carbonyl (C=O) groups is 1. The number of benzene rings is 3. The fraction of sp³-hybridized carbons (Fsp3) is 0.154.